The Balaban J connectivity index is 1.63. The van der Waals surface area contributed by atoms with Crippen LogP contribution in [0.2, 0.25) is 0 Å². The van der Waals surface area contributed by atoms with Crippen LogP contribution in [0.3, 0.4) is 0 Å². The maximum absolute atomic E-state index is 13.2. The van der Waals surface area contributed by atoms with Crippen molar-refractivity contribution in [2.45, 2.75) is 6.92 Å². The lowest BCUT2D eigenvalue weighted by molar-refractivity contribution is 0.0391. The van der Waals surface area contributed by atoms with Gasteiger partial charge in [0.1, 0.15) is 0 Å². The number of thiophene rings is 1. The van der Waals surface area contributed by atoms with Crippen molar-refractivity contribution in [1.82, 2.24) is 9.88 Å². The largest absolute Gasteiger partial charge is 0.379 e. The minimum Gasteiger partial charge on any atom is -0.379 e. The molecule has 5 nitrogen and oxygen atoms in total. The third kappa shape index (κ3) is 4.25. The summed E-state index contributed by atoms with van der Waals surface area (Å²) in [5.74, 6) is 0.00988. The number of nitrogens with zero attached hydrogens (tertiary/aromatic N) is 3. The van der Waals surface area contributed by atoms with Crippen molar-refractivity contribution in [2.75, 3.05) is 44.3 Å². The van der Waals surface area contributed by atoms with Crippen LogP contribution in [0.5, 0.6) is 0 Å². The molecule has 2 aromatic heterocycles. The number of carbonyl (C=O) groups is 1. The minimum absolute atomic E-state index is 0.00988. The molecule has 0 atom stereocenters. The van der Waals surface area contributed by atoms with Crippen molar-refractivity contribution in [2.24, 2.45) is 0 Å². The highest BCUT2D eigenvalue weighted by Crippen LogP contribution is 2.32. The zero-order valence-corrected chi connectivity index (χ0v) is 18.2. The molecule has 8 heteroatoms. The molecule has 0 unspecified atom stereocenters. The van der Waals surface area contributed by atoms with Gasteiger partial charge in [-0.25, -0.2) is 4.98 Å². The predicted octanol–water partition coefficient (Wildman–Crippen LogP) is 4.41. The van der Waals surface area contributed by atoms with Gasteiger partial charge in [0.15, 0.2) is 5.13 Å². The third-order valence-corrected chi connectivity index (χ3v) is 7.27. The lowest BCUT2D eigenvalue weighted by Gasteiger charge is -2.29. The van der Waals surface area contributed by atoms with Crippen molar-refractivity contribution in [1.29, 1.82) is 0 Å². The second-order valence-corrected chi connectivity index (χ2v) is 9.90. The van der Waals surface area contributed by atoms with Gasteiger partial charge >= 0.3 is 0 Å². The molecule has 142 valence electrons. The van der Waals surface area contributed by atoms with Crippen LogP contribution in [0.25, 0.3) is 10.2 Å². The zero-order chi connectivity index (χ0) is 18.8. The fourth-order valence-electron chi connectivity index (χ4n) is 3.10. The molecule has 1 amide bonds. The van der Waals surface area contributed by atoms with Gasteiger partial charge in [-0.3, -0.25) is 14.6 Å². The lowest BCUT2D eigenvalue weighted by Crippen LogP contribution is -2.43. The number of thiazole rings is 1. The van der Waals surface area contributed by atoms with Gasteiger partial charge in [0.05, 0.1) is 32.1 Å². The highest BCUT2D eigenvalue weighted by Gasteiger charge is 2.24. The first kappa shape index (κ1) is 19.0. The molecule has 1 aromatic carbocycles. The normalized spacial score (nSPS) is 15.3. The third-order valence-electron chi connectivity index (χ3n) is 4.61. The first-order chi connectivity index (χ1) is 13.1. The van der Waals surface area contributed by atoms with Crippen LogP contribution in [-0.2, 0) is 4.74 Å². The van der Waals surface area contributed by atoms with Gasteiger partial charge in [0.2, 0.25) is 0 Å². The topological polar surface area (TPSA) is 45.7 Å². The Morgan fingerprint density at radius 3 is 2.78 bits per heavy atom. The molecule has 1 saturated heterocycles. The van der Waals surface area contributed by atoms with Crippen molar-refractivity contribution in [3.05, 3.63) is 44.6 Å². The van der Waals surface area contributed by atoms with E-state index in [1.165, 1.54) is 11.3 Å². The number of rotatable bonds is 5. The van der Waals surface area contributed by atoms with E-state index in [2.05, 4.69) is 39.9 Å². The maximum Gasteiger partial charge on any atom is 0.270 e. The Kier molecular flexibility index (Phi) is 5.89. The molecule has 0 spiro atoms. The van der Waals surface area contributed by atoms with E-state index in [-0.39, 0.29) is 5.91 Å². The van der Waals surface area contributed by atoms with Crippen molar-refractivity contribution >= 4 is 59.9 Å². The van der Waals surface area contributed by atoms with E-state index in [0.717, 1.165) is 62.4 Å². The van der Waals surface area contributed by atoms with Crippen molar-refractivity contribution in [3.8, 4) is 0 Å². The second-order valence-electron chi connectivity index (χ2n) is 6.43. The number of benzene rings is 1. The summed E-state index contributed by atoms with van der Waals surface area (Å²) in [7, 11) is 0. The quantitative estimate of drug-likeness (QED) is 0.559. The average molecular weight is 466 g/mol. The molecule has 27 heavy (non-hydrogen) atoms. The smallest absolute Gasteiger partial charge is 0.270 e. The van der Waals surface area contributed by atoms with Crippen LogP contribution in [-0.4, -0.2) is 55.2 Å². The Morgan fingerprint density at radius 1 is 1.26 bits per heavy atom. The maximum atomic E-state index is 13.2. The standard InChI is InChI=1S/C19H20BrN3O2S2/c1-13-3-2-4-14-17(13)21-19(27-14)23(8-7-22-9-11-25-12-10-22)18(24)15-5-6-16(20)26-15/h2-6H,7-12H2,1H3. The fraction of sp³-hybridized carbons (Fsp3) is 0.368. The lowest BCUT2D eigenvalue weighted by atomic mass is 10.2. The van der Waals surface area contributed by atoms with Crippen molar-refractivity contribution < 1.29 is 9.53 Å². The van der Waals surface area contributed by atoms with Crippen LogP contribution >= 0.6 is 38.6 Å². The van der Waals surface area contributed by atoms with Gasteiger partial charge in [-0.2, -0.15) is 0 Å². The molecule has 1 fully saturated rings. The molecule has 0 N–H and O–H groups in total. The van der Waals surface area contributed by atoms with Crippen LogP contribution < -0.4 is 4.90 Å². The summed E-state index contributed by atoms with van der Waals surface area (Å²) >= 11 is 6.50. The van der Waals surface area contributed by atoms with E-state index in [9.17, 15) is 4.79 Å². The fourth-order valence-corrected chi connectivity index (χ4v) is 5.51. The van der Waals surface area contributed by atoms with Crippen LogP contribution in [0.15, 0.2) is 34.1 Å². The highest BCUT2D eigenvalue weighted by atomic mass is 79.9. The Hall–Kier alpha value is -1.32. The van der Waals surface area contributed by atoms with Gasteiger partial charge in [-0.05, 0) is 46.6 Å². The van der Waals surface area contributed by atoms with Crippen LogP contribution in [0, 0.1) is 6.92 Å². The Labute approximate surface area is 174 Å². The highest BCUT2D eigenvalue weighted by molar-refractivity contribution is 9.11. The van der Waals surface area contributed by atoms with E-state index >= 15 is 0 Å². The first-order valence-corrected chi connectivity index (χ1v) is 11.3. The van der Waals surface area contributed by atoms with Gasteiger partial charge < -0.3 is 4.74 Å². The molecule has 3 heterocycles. The number of anilines is 1. The number of para-hydroxylation sites is 1. The molecule has 0 radical (unpaired) electrons. The average Bonchev–Trinajstić information content (AvgIpc) is 3.30. The number of halogens is 1. The van der Waals surface area contributed by atoms with Crippen LogP contribution in [0.1, 0.15) is 15.2 Å². The number of morpholine rings is 1. The molecule has 4 rings (SSSR count). The molecule has 0 bridgehead atoms. The first-order valence-electron chi connectivity index (χ1n) is 8.85. The molecule has 0 saturated carbocycles. The van der Waals surface area contributed by atoms with Crippen LogP contribution in [0.4, 0.5) is 5.13 Å². The zero-order valence-electron chi connectivity index (χ0n) is 15.0. The SMILES string of the molecule is Cc1cccc2sc(N(CCN3CCOCC3)C(=O)c3ccc(Br)s3)nc12. The van der Waals surface area contributed by atoms with E-state index in [0.29, 0.717) is 6.54 Å². The summed E-state index contributed by atoms with van der Waals surface area (Å²) in [6.45, 7) is 6.82. The van der Waals surface area contributed by atoms with E-state index < -0.39 is 0 Å². The number of aromatic nitrogens is 1. The summed E-state index contributed by atoms with van der Waals surface area (Å²) < 4.78 is 7.50. The van der Waals surface area contributed by atoms with E-state index in [1.54, 1.807) is 11.3 Å². The number of aryl methyl sites for hydroxylation is 1. The van der Waals surface area contributed by atoms with Gasteiger partial charge in [-0.1, -0.05) is 23.5 Å². The summed E-state index contributed by atoms with van der Waals surface area (Å²) in [6.07, 6.45) is 0. The second kappa shape index (κ2) is 8.36. The predicted molar refractivity (Wildman–Crippen MR) is 115 cm³/mol. The number of hydrogen-bond acceptors (Lipinski definition) is 6. The number of ether oxygens (including phenoxy) is 1. The van der Waals surface area contributed by atoms with Gasteiger partial charge in [0.25, 0.3) is 5.91 Å². The summed E-state index contributed by atoms with van der Waals surface area (Å²) in [5.41, 5.74) is 2.11. The molecular formula is C19H20BrN3O2S2. The molecular weight excluding hydrogens is 446 g/mol. The minimum atomic E-state index is 0.00988. The van der Waals surface area contributed by atoms with Crippen molar-refractivity contribution in [3.63, 3.8) is 0 Å². The summed E-state index contributed by atoms with van der Waals surface area (Å²) in [6, 6.07) is 9.95. The van der Waals surface area contributed by atoms with Gasteiger partial charge in [-0.15, -0.1) is 11.3 Å². The van der Waals surface area contributed by atoms with Gasteiger partial charge in [0, 0.05) is 26.2 Å². The number of carbonyl (C=O) groups excluding carboxylic acids is 1. The number of hydrogen-bond donors (Lipinski definition) is 0. The summed E-state index contributed by atoms with van der Waals surface area (Å²) in [5, 5.41) is 0.766. The molecule has 0 aliphatic carbocycles. The molecule has 1 aliphatic rings. The number of amides is 1. The monoisotopic (exact) mass is 465 g/mol. The summed E-state index contributed by atoms with van der Waals surface area (Å²) in [4.78, 5) is 22.9. The molecule has 1 aliphatic heterocycles. The van der Waals surface area contributed by atoms with E-state index in [1.807, 2.05) is 23.1 Å². The Bertz CT molecular complexity index is 949. The Morgan fingerprint density at radius 2 is 2.07 bits per heavy atom. The number of fused-ring (bicyclic) bond motifs is 1. The molecule has 3 aromatic rings. The van der Waals surface area contributed by atoms with E-state index in [4.69, 9.17) is 9.72 Å².